The van der Waals surface area contributed by atoms with Crippen LogP contribution in [-0.4, -0.2) is 31.3 Å². The van der Waals surface area contributed by atoms with Crippen molar-refractivity contribution in [3.8, 4) is 5.69 Å². The number of aryl methyl sites for hydroxylation is 1. The highest BCUT2D eigenvalue weighted by atomic mass is 16.4. The summed E-state index contributed by atoms with van der Waals surface area (Å²) in [5.41, 5.74) is 1.49. The molecule has 0 bridgehead atoms. The van der Waals surface area contributed by atoms with Crippen molar-refractivity contribution in [1.82, 2.24) is 20.2 Å². The summed E-state index contributed by atoms with van der Waals surface area (Å²) in [6.45, 7) is 1.78. The zero-order chi connectivity index (χ0) is 11.5. The summed E-state index contributed by atoms with van der Waals surface area (Å²) in [5.74, 6) is -0.196. The molecule has 0 fully saturated rings. The molecule has 0 saturated heterocycles. The van der Waals surface area contributed by atoms with Crippen molar-refractivity contribution in [2.75, 3.05) is 0 Å². The highest BCUT2D eigenvalue weighted by molar-refractivity contribution is 5.70. The Kier molecular flexibility index (Phi) is 2.63. The van der Waals surface area contributed by atoms with Crippen LogP contribution in [0.5, 0.6) is 0 Å². The minimum absolute atomic E-state index is 0.00495. The van der Waals surface area contributed by atoms with Crippen LogP contribution in [0.25, 0.3) is 5.69 Å². The van der Waals surface area contributed by atoms with E-state index in [0.717, 1.165) is 11.3 Å². The number of hydrogen-bond donors (Lipinski definition) is 1. The van der Waals surface area contributed by atoms with Crippen LogP contribution in [0.15, 0.2) is 24.3 Å². The first-order valence-electron chi connectivity index (χ1n) is 4.73. The monoisotopic (exact) mass is 218 g/mol. The molecule has 1 heterocycles. The lowest BCUT2D eigenvalue weighted by atomic mass is 10.1. The van der Waals surface area contributed by atoms with Crippen molar-refractivity contribution in [3.63, 3.8) is 0 Å². The Morgan fingerprint density at radius 3 is 2.94 bits per heavy atom. The fourth-order valence-corrected chi connectivity index (χ4v) is 1.44. The Morgan fingerprint density at radius 1 is 1.50 bits per heavy atom. The van der Waals surface area contributed by atoms with Gasteiger partial charge in [0, 0.05) is 0 Å². The molecule has 2 aromatic rings. The van der Waals surface area contributed by atoms with Crippen molar-refractivity contribution in [3.05, 3.63) is 35.7 Å². The molecule has 6 heteroatoms. The van der Waals surface area contributed by atoms with E-state index in [9.17, 15) is 4.79 Å². The molecule has 1 N–H and O–H groups in total. The second-order valence-electron chi connectivity index (χ2n) is 3.38. The summed E-state index contributed by atoms with van der Waals surface area (Å²) in [4.78, 5) is 10.6. The quantitative estimate of drug-likeness (QED) is 0.815. The Morgan fingerprint density at radius 2 is 2.31 bits per heavy atom. The summed E-state index contributed by atoms with van der Waals surface area (Å²) in [5, 5.41) is 19.8. The lowest BCUT2D eigenvalue weighted by Gasteiger charge is -2.03. The van der Waals surface area contributed by atoms with Gasteiger partial charge in [0.05, 0.1) is 12.1 Å². The van der Waals surface area contributed by atoms with Gasteiger partial charge in [-0.3, -0.25) is 4.79 Å². The molecule has 0 saturated carbocycles. The fraction of sp³-hybridized carbons (Fsp3) is 0.200. The summed E-state index contributed by atoms with van der Waals surface area (Å²) in [6, 6.07) is 7.14. The molecule has 0 spiro atoms. The van der Waals surface area contributed by atoms with E-state index < -0.39 is 5.97 Å². The SMILES string of the molecule is Cc1nnnn1-c1cccc(CC(=O)O)c1. The minimum atomic E-state index is -0.856. The highest BCUT2D eigenvalue weighted by Gasteiger charge is 2.05. The third kappa shape index (κ3) is 2.05. The largest absolute Gasteiger partial charge is 0.481 e. The summed E-state index contributed by atoms with van der Waals surface area (Å²) in [7, 11) is 0. The maximum absolute atomic E-state index is 10.6. The van der Waals surface area contributed by atoms with Gasteiger partial charge in [0.2, 0.25) is 0 Å². The second-order valence-corrected chi connectivity index (χ2v) is 3.38. The molecule has 1 aromatic carbocycles. The molecule has 0 aliphatic carbocycles. The predicted molar refractivity (Wildman–Crippen MR) is 55.2 cm³/mol. The van der Waals surface area contributed by atoms with Crippen LogP contribution in [0.1, 0.15) is 11.4 Å². The second kappa shape index (κ2) is 4.09. The Bertz CT molecular complexity index is 521. The summed E-state index contributed by atoms with van der Waals surface area (Å²) in [6.07, 6.45) is -0.00495. The maximum atomic E-state index is 10.6. The van der Waals surface area contributed by atoms with E-state index in [1.54, 1.807) is 29.8 Å². The van der Waals surface area contributed by atoms with Crippen molar-refractivity contribution < 1.29 is 9.90 Å². The zero-order valence-corrected chi connectivity index (χ0v) is 8.66. The first kappa shape index (κ1) is 10.3. The van der Waals surface area contributed by atoms with Crippen molar-refractivity contribution in [2.45, 2.75) is 13.3 Å². The van der Waals surface area contributed by atoms with E-state index in [-0.39, 0.29) is 6.42 Å². The lowest BCUT2D eigenvalue weighted by Crippen LogP contribution is -2.03. The number of aromatic nitrogens is 4. The van der Waals surface area contributed by atoms with Gasteiger partial charge in [0.1, 0.15) is 0 Å². The van der Waals surface area contributed by atoms with Gasteiger partial charge in [-0.1, -0.05) is 12.1 Å². The third-order valence-corrected chi connectivity index (χ3v) is 2.14. The van der Waals surface area contributed by atoms with Gasteiger partial charge in [-0.25, -0.2) is 0 Å². The molecule has 0 aliphatic rings. The smallest absolute Gasteiger partial charge is 0.307 e. The van der Waals surface area contributed by atoms with Crippen LogP contribution in [0, 0.1) is 6.92 Å². The molecule has 0 amide bonds. The minimum Gasteiger partial charge on any atom is -0.481 e. The van der Waals surface area contributed by atoms with Gasteiger partial charge in [0.15, 0.2) is 5.82 Å². The van der Waals surface area contributed by atoms with Crippen molar-refractivity contribution >= 4 is 5.97 Å². The van der Waals surface area contributed by atoms with Crippen LogP contribution in [-0.2, 0) is 11.2 Å². The zero-order valence-electron chi connectivity index (χ0n) is 8.66. The van der Waals surface area contributed by atoms with Gasteiger partial charge in [-0.15, -0.1) is 5.10 Å². The van der Waals surface area contributed by atoms with E-state index in [4.69, 9.17) is 5.11 Å². The Hall–Kier alpha value is -2.24. The molecular weight excluding hydrogens is 208 g/mol. The Labute approximate surface area is 91.5 Å². The molecule has 0 radical (unpaired) electrons. The van der Waals surface area contributed by atoms with E-state index in [1.807, 2.05) is 6.07 Å². The van der Waals surface area contributed by atoms with E-state index in [0.29, 0.717) is 5.82 Å². The summed E-state index contributed by atoms with van der Waals surface area (Å²) < 4.78 is 1.56. The third-order valence-electron chi connectivity index (χ3n) is 2.14. The van der Waals surface area contributed by atoms with Crippen LogP contribution in [0.2, 0.25) is 0 Å². The maximum Gasteiger partial charge on any atom is 0.307 e. The van der Waals surface area contributed by atoms with Crippen molar-refractivity contribution in [2.24, 2.45) is 0 Å². The highest BCUT2D eigenvalue weighted by Crippen LogP contribution is 2.10. The van der Waals surface area contributed by atoms with Gasteiger partial charge in [0.25, 0.3) is 0 Å². The van der Waals surface area contributed by atoms with E-state index in [2.05, 4.69) is 15.5 Å². The molecule has 6 nitrogen and oxygen atoms in total. The lowest BCUT2D eigenvalue weighted by molar-refractivity contribution is -0.136. The molecule has 82 valence electrons. The number of tetrazole rings is 1. The molecule has 0 aliphatic heterocycles. The van der Waals surface area contributed by atoms with Crippen LogP contribution in [0.3, 0.4) is 0 Å². The molecule has 2 rings (SSSR count). The van der Waals surface area contributed by atoms with E-state index in [1.165, 1.54) is 0 Å². The number of hydrogen-bond acceptors (Lipinski definition) is 4. The van der Waals surface area contributed by atoms with Gasteiger partial charge < -0.3 is 5.11 Å². The first-order chi connectivity index (χ1) is 7.66. The van der Waals surface area contributed by atoms with Crippen LogP contribution in [0.4, 0.5) is 0 Å². The summed E-state index contributed by atoms with van der Waals surface area (Å²) >= 11 is 0. The van der Waals surface area contributed by atoms with Gasteiger partial charge in [-0.2, -0.15) is 4.68 Å². The number of carboxylic acids is 1. The average molecular weight is 218 g/mol. The Balaban J connectivity index is 2.36. The first-order valence-corrected chi connectivity index (χ1v) is 4.73. The van der Waals surface area contributed by atoms with Crippen molar-refractivity contribution in [1.29, 1.82) is 0 Å². The number of carbonyl (C=O) groups is 1. The molecule has 1 aromatic heterocycles. The number of nitrogens with zero attached hydrogens (tertiary/aromatic N) is 4. The van der Waals surface area contributed by atoms with Gasteiger partial charge >= 0.3 is 5.97 Å². The average Bonchev–Trinajstić information content (AvgIpc) is 2.64. The van der Waals surface area contributed by atoms with Crippen LogP contribution >= 0.6 is 0 Å². The van der Waals surface area contributed by atoms with E-state index >= 15 is 0 Å². The number of benzene rings is 1. The molecule has 0 atom stereocenters. The topological polar surface area (TPSA) is 80.9 Å². The molecule has 16 heavy (non-hydrogen) atoms. The van der Waals surface area contributed by atoms with Gasteiger partial charge in [-0.05, 0) is 35.0 Å². The number of carboxylic acid groups (broad SMARTS) is 1. The fourth-order valence-electron chi connectivity index (χ4n) is 1.44. The number of rotatable bonds is 3. The molecule has 0 unspecified atom stereocenters. The van der Waals surface area contributed by atoms with Crippen LogP contribution < -0.4 is 0 Å². The molecular formula is C10H10N4O2. The standard InChI is InChI=1S/C10H10N4O2/c1-7-11-12-13-14(7)9-4-2-3-8(5-9)6-10(15)16/h2-5H,6H2,1H3,(H,15,16). The predicted octanol–water partition coefficient (Wildman–Crippen LogP) is 0.598. The number of aliphatic carboxylic acids is 1. The normalized spacial score (nSPS) is 10.3.